The number of unbranched alkanes of at least 4 members (excludes halogenated alkanes) is 17. The Kier molecular flexibility index (Phi) is 17.4. The first-order valence-corrected chi connectivity index (χ1v) is 12.9. The van der Waals surface area contributed by atoms with E-state index in [9.17, 15) is 4.79 Å². The SMILES string of the molecule is CCCCCCCCCCCCCCCCCCCCC1CCCCC1=O. The third-order valence-corrected chi connectivity index (χ3v) is 6.59. The summed E-state index contributed by atoms with van der Waals surface area (Å²) in [7, 11) is 0. The van der Waals surface area contributed by atoms with Crippen molar-refractivity contribution in [1.82, 2.24) is 0 Å². The van der Waals surface area contributed by atoms with Crippen LogP contribution in [0.2, 0.25) is 0 Å². The second-order valence-corrected chi connectivity index (χ2v) is 9.21. The van der Waals surface area contributed by atoms with E-state index in [0.29, 0.717) is 11.7 Å². The molecule has 0 aliphatic heterocycles. The van der Waals surface area contributed by atoms with Gasteiger partial charge in [-0.1, -0.05) is 129 Å². The van der Waals surface area contributed by atoms with Gasteiger partial charge in [0.2, 0.25) is 0 Å². The summed E-state index contributed by atoms with van der Waals surface area (Å²) in [6.07, 6.45) is 31.4. The quantitative estimate of drug-likeness (QED) is 0.205. The molecule has 0 heterocycles. The molecule has 0 amide bonds. The summed E-state index contributed by atoms with van der Waals surface area (Å²) in [6.45, 7) is 2.29. The molecule has 1 aliphatic rings. The highest BCUT2D eigenvalue weighted by Gasteiger charge is 2.21. The van der Waals surface area contributed by atoms with Crippen molar-refractivity contribution in [2.45, 2.75) is 155 Å². The van der Waals surface area contributed by atoms with Gasteiger partial charge in [0.05, 0.1) is 0 Å². The van der Waals surface area contributed by atoms with Gasteiger partial charge in [-0.2, -0.15) is 0 Å². The number of Topliss-reactive ketones (excluding diaryl/α,β-unsaturated/α-hetero) is 1. The first-order chi connectivity index (χ1) is 13.3. The minimum Gasteiger partial charge on any atom is -0.299 e. The molecular weight excluding hydrogens is 328 g/mol. The van der Waals surface area contributed by atoms with Crippen LogP contribution in [0.4, 0.5) is 0 Å². The molecule has 1 saturated carbocycles. The van der Waals surface area contributed by atoms with Crippen LogP contribution in [0.25, 0.3) is 0 Å². The first-order valence-electron chi connectivity index (χ1n) is 12.9. The Balaban J connectivity index is 1.69. The van der Waals surface area contributed by atoms with Crippen molar-refractivity contribution in [1.29, 1.82) is 0 Å². The highest BCUT2D eigenvalue weighted by molar-refractivity contribution is 5.81. The van der Waals surface area contributed by atoms with E-state index < -0.39 is 0 Å². The monoisotopic (exact) mass is 378 g/mol. The molecule has 1 aliphatic carbocycles. The lowest BCUT2D eigenvalue weighted by molar-refractivity contribution is -0.124. The molecule has 0 N–H and O–H groups in total. The summed E-state index contributed by atoms with van der Waals surface area (Å²) in [5.74, 6) is 0.994. The number of ketones is 1. The predicted octanol–water partition coefficient (Wildman–Crippen LogP) is 9.18. The van der Waals surface area contributed by atoms with Crippen molar-refractivity contribution in [3.8, 4) is 0 Å². The van der Waals surface area contributed by atoms with E-state index in [0.717, 1.165) is 12.8 Å². The third kappa shape index (κ3) is 15.3. The highest BCUT2D eigenvalue weighted by Crippen LogP contribution is 2.25. The van der Waals surface area contributed by atoms with Crippen LogP contribution in [0.1, 0.15) is 155 Å². The molecule has 1 heteroatoms. The van der Waals surface area contributed by atoms with Gasteiger partial charge in [-0.25, -0.2) is 0 Å². The van der Waals surface area contributed by atoms with Gasteiger partial charge in [-0.15, -0.1) is 0 Å². The van der Waals surface area contributed by atoms with E-state index in [2.05, 4.69) is 6.92 Å². The molecule has 1 fully saturated rings. The van der Waals surface area contributed by atoms with Crippen molar-refractivity contribution in [2.24, 2.45) is 5.92 Å². The average molecular weight is 379 g/mol. The van der Waals surface area contributed by atoms with Crippen molar-refractivity contribution >= 4 is 5.78 Å². The van der Waals surface area contributed by atoms with Crippen LogP contribution in [-0.2, 0) is 4.79 Å². The summed E-state index contributed by atoms with van der Waals surface area (Å²) >= 11 is 0. The van der Waals surface area contributed by atoms with Gasteiger partial charge < -0.3 is 0 Å². The summed E-state index contributed by atoms with van der Waals surface area (Å²) in [5.41, 5.74) is 0. The molecule has 0 aromatic rings. The minimum atomic E-state index is 0.430. The zero-order valence-electron chi connectivity index (χ0n) is 18.7. The molecule has 1 rings (SSSR count). The maximum Gasteiger partial charge on any atom is 0.135 e. The fourth-order valence-electron chi connectivity index (χ4n) is 4.65. The topological polar surface area (TPSA) is 17.1 Å². The molecular formula is C26H50O. The zero-order valence-corrected chi connectivity index (χ0v) is 18.7. The van der Waals surface area contributed by atoms with Crippen LogP contribution in [0.3, 0.4) is 0 Å². The van der Waals surface area contributed by atoms with Gasteiger partial charge in [0, 0.05) is 12.3 Å². The van der Waals surface area contributed by atoms with Gasteiger partial charge in [-0.05, 0) is 19.3 Å². The Hall–Kier alpha value is -0.330. The molecule has 0 radical (unpaired) electrons. The van der Waals surface area contributed by atoms with Gasteiger partial charge >= 0.3 is 0 Å². The van der Waals surface area contributed by atoms with Crippen molar-refractivity contribution < 1.29 is 4.79 Å². The summed E-state index contributed by atoms with van der Waals surface area (Å²) in [5, 5.41) is 0. The Labute approximate surface area is 171 Å². The van der Waals surface area contributed by atoms with Gasteiger partial charge in [0.25, 0.3) is 0 Å². The molecule has 0 aromatic heterocycles. The van der Waals surface area contributed by atoms with E-state index in [1.165, 1.54) is 135 Å². The smallest absolute Gasteiger partial charge is 0.135 e. The number of hydrogen-bond acceptors (Lipinski definition) is 1. The van der Waals surface area contributed by atoms with Gasteiger partial charge in [0.1, 0.15) is 5.78 Å². The standard InChI is InChI=1S/C26H50O/c1-2-3-4-5-6-7-8-9-10-11-12-13-14-15-16-17-18-19-22-25-23-20-21-24-26(25)27/h25H,2-24H2,1H3. The van der Waals surface area contributed by atoms with E-state index in [1.807, 2.05) is 0 Å². The number of carbonyl (C=O) groups excluding carboxylic acids is 1. The molecule has 1 unspecified atom stereocenters. The van der Waals surface area contributed by atoms with Crippen LogP contribution in [0.5, 0.6) is 0 Å². The first kappa shape index (κ1) is 24.7. The van der Waals surface area contributed by atoms with Crippen LogP contribution >= 0.6 is 0 Å². The summed E-state index contributed by atoms with van der Waals surface area (Å²) < 4.78 is 0. The van der Waals surface area contributed by atoms with E-state index in [4.69, 9.17) is 0 Å². The molecule has 0 aromatic carbocycles. The second-order valence-electron chi connectivity index (χ2n) is 9.21. The minimum absolute atomic E-state index is 0.430. The molecule has 0 bridgehead atoms. The highest BCUT2D eigenvalue weighted by atomic mass is 16.1. The molecule has 1 atom stereocenters. The maximum atomic E-state index is 11.8. The van der Waals surface area contributed by atoms with Crippen LogP contribution < -0.4 is 0 Å². The average Bonchev–Trinajstić information content (AvgIpc) is 2.68. The largest absolute Gasteiger partial charge is 0.299 e. The lowest BCUT2D eigenvalue weighted by Gasteiger charge is -2.20. The lowest BCUT2D eigenvalue weighted by Crippen LogP contribution is -2.18. The van der Waals surface area contributed by atoms with Crippen LogP contribution in [0.15, 0.2) is 0 Å². The van der Waals surface area contributed by atoms with Crippen molar-refractivity contribution in [2.75, 3.05) is 0 Å². The fraction of sp³-hybridized carbons (Fsp3) is 0.962. The Morgan fingerprint density at radius 2 is 1.00 bits per heavy atom. The van der Waals surface area contributed by atoms with Gasteiger partial charge in [0.15, 0.2) is 0 Å². The van der Waals surface area contributed by atoms with E-state index >= 15 is 0 Å². The molecule has 27 heavy (non-hydrogen) atoms. The number of hydrogen-bond donors (Lipinski definition) is 0. The number of carbonyl (C=O) groups is 1. The normalized spacial score (nSPS) is 17.5. The Morgan fingerprint density at radius 1 is 0.593 bits per heavy atom. The molecule has 160 valence electrons. The Morgan fingerprint density at radius 3 is 1.41 bits per heavy atom. The van der Waals surface area contributed by atoms with Crippen molar-refractivity contribution in [3.63, 3.8) is 0 Å². The molecule has 0 saturated heterocycles. The summed E-state index contributed by atoms with van der Waals surface area (Å²) in [6, 6.07) is 0. The summed E-state index contributed by atoms with van der Waals surface area (Å²) in [4.78, 5) is 11.8. The van der Waals surface area contributed by atoms with E-state index in [-0.39, 0.29) is 0 Å². The van der Waals surface area contributed by atoms with Gasteiger partial charge in [-0.3, -0.25) is 4.79 Å². The fourth-order valence-corrected chi connectivity index (χ4v) is 4.65. The predicted molar refractivity (Wildman–Crippen MR) is 120 cm³/mol. The Bertz CT molecular complexity index is 322. The van der Waals surface area contributed by atoms with Crippen molar-refractivity contribution in [3.05, 3.63) is 0 Å². The number of rotatable bonds is 19. The van der Waals surface area contributed by atoms with E-state index in [1.54, 1.807) is 0 Å². The maximum absolute atomic E-state index is 11.8. The van der Waals surface area contributed by atoms with Crippen LogP contribution in [0, 0.1) is 5.92 Å². The molecule has 1 nitrogen and oxygen atoms in total. The van der Waals surface area contributed by atoms with Crippen LogP contribution in [-0.4, -0.2) is 5.78 Å². The third-order valence-electron chi connectivity index (χ3n) is 6.59. The second kappa shape index (κ2) is 19.0. The lowest BCUT2D eigenvalue weighted by atomic mass is 9.84. The zero-order chi connectivity index (χ0) is 19.4. The molecule has 0 spiro atoms.